The van der Waals surface area contributed by atoms with E-state index in [1.165, 1.54) is 4.90 Å². The zero-order valence-electron chi connectivity index (χ0n) is 11.9. The maximum atomic E-state index is 11.8. The van der Waals surface area contributed by atoms with Crippen LogP contribution < -0.4 is 5.82 Å². The van der Waals surface area contributed by atoms with E-state index in [1.54, 1.807) is 20.2 Å². The van der Waals surface area contributed by atoms with Gasteiger partial charge in [-0.2, -0.15) is 0 Å². The zero-order chi connectivity index (χ0) is 15.2. The van der Waals surface area contributed by atoms with Gasteiger partial charge in [-0.3, -0.25) is 4.98 Å². The van der Waals surface area contributed by atoms with Crippen molar-refractivity contribution in [2.75, 3.05) is 13.6 Å². The first-order chi connectivity index (χ1) is 10.1. The van der Waals surface area contributed by atoms with Crippen LogP contribution in [-0.4, -0.2) is 29.6 Å². The van der Waals surface area contributed by atoms with E-state index in [0.717, 1.165) is 5.69 Å². The summed E-state index contributed by atoms with van der Waals surface area (Å²) in [5.41, 5.74) is 0.897. The number of pyridine rings is 1. The lowest BCUT2D eigenvalue weighted by atomic mass is 10.2. The molecule has 0 aliphatic carbocycles. The van der Waals surface area contributed by atoms with Crippen LogP contribution in [0.15, 0.2) is 38.0 Å². The van der Waals surface area contributed by atoms with Crippen LogP contribution in [0.3, 0.4) is 0 Å². The van der Waals surface area contributed by atoms with Crippen molar-refractivity contribution < 1.29 is 18.4 Å². The largest absolute Gasteiger partial charge is 0.519 e. The van der Waals surface area contributed by atoms with Crippen molar-refractivity contribution in [2.45, 2.75) is 20.0 Å². The number of nitrogens with zero attached hydrogens (tertiary/aromatic N) is 2. The number of carbonyl (C=O) groups excluding carboxylic acids is 1. The SMILES string of the molecule is Cc1oc(=O)oc1COC(=O)N(C)CCc1ccccn1. The van der Waals surface area contributed by atoms with Crippen LogP contribution in [0.4, 0.5) is 4.79 Å². The zero-order valence-corrected chi connectivity index (χ0v) is 11.9. The van der Waals surface area contributed by atoms with E-state index in [4.69, 9.17) is 9.15 Å². The number of hydrogen-bond donors (Lipinski definition) is 0. The van der Waals surface area contributed by atoms with Crippen LogP contribution in [0.1, 0.15) is 17.2 Å². The monoisotopic (exact) mass is 292 g/mol. The predicted octanol–water partition coefficient (Wildman–Crippen LogP) is 1.75. The van der Waals surface area contributed by atoms with Crippen LogP contribution in [-0.2, 0) is 17.8 Å². The molecule has 0 radical (unpaired) electrons. The number of aryl methyl sites for hydroxylation is 1. The van der Waals surface area contributed by atoms with E-state index in [2.05, 4.69) is 9.40 Å². The number of amides is 1. The molecule has 1 amide bonds. The van der Waals surface area contributed by atoms with Gasteiger partial charge in [-0.25, -0.2) is 9.59 Å². The van der Waals surface area contributed by atoms with Crippen molar-refractivity contribution in [3.8, 4) is 0 Å². The van der Waals surface area contributed by atoms with E-state index < -0.39 is 11.9 Å². The van der Waals surface area contributed by atoms with Gasteiger partial charge >= 0.3 is 11.9 Å². The van der Waals surface area contributed by atoms with Gasteiger partial charge < -0.3 is 18.5 Å². The Labute approximate surface area is 121 Å². The lowest BCUT2D eigenvalue weighted by Crippen LogP contribution is -2.29. The highest BCUT2D eigenvalue weighted by Gasteiger charge is 2.14. The summed E-state index contributed by atoms with van der Waals surface area (Å²) < 4.78 is 14.5. The van der Waals surface area contributed by atoms with Gasteiger partial charge in [-0.15, -0.1) is 0 Å². The maximum absolute atomic E-state index is 11.8. The Hall–Kier alpha value is -2.57. The summed E-state index contributed by atoms with van der Waals surface area (Å²) in [4.78, 5) is 28.3. The molecule has 112 valence electrons. The summed E-state index contributed by atoms with van der Waals surface area (Å²) in [6.45, 7) is 1.91. The predicted molar refractivity (Wildman–Crippen MR) is 72.7 cm³/mol. The highest BCUT2D eigenvalue weighted by molar-refractivity contribution is 5.67. The molecule has 0 saturated carbocycles. The fourth-order valence-corrected chi connectivity index (χ4v) is 1.66. The quantitative estimate of drug-likeness (QED) is 0.834. The van der Waals surface area contributed by atoms with E-state index >= 15 is 0 Å². The smallest absolute Gasteiger partial charge is 0.441 e. The summed E-state index contributed by atoms with van der Waals surface area (Å²) in [5, 5.41) is 0. The maximum Gasteiger partial charge on any atom is 0.519 e. The minimum Gasteiger partial charge on any atom is -0.441 e. The van der Waals surface area contributed by atoms with Crippen molar-refractivity contribution in [1.29, 1.82) is 0 Å². The molecular formula is C14H16N2O5. The van der Waals surface area contributed by atoms with E-state index in [-0.39, 0.29) is 12.4 Å². The Morgan fingerprint density at radius 1 is 1.38 bits per heavy atom. The molecule has 0 unspecified atom stereocenters. The average Bonchev–Trinajstić information content (AvgIpc) is 2.81. The first kappa shape index (κ1) is 14.8. The molecule has 2 rings (SSSR count). The van der Waals surface area contributed by atoms with Crippen LogP contribution in [0.25, 0.3) is 0 Å². The van der Waals surface area contributed by atoms with Crippen molar-refractivity contribution in [2.24, 2.45) is 0 Å². The number of carbonyl (C=O) groups is 1. The number of ether oxygens (including phenoxy) is 1. The second-order valence-corrected chi connectivity index (χ2v) is 4.48. The second-order valence-electron chi connectivity index (χ2n) is 4.48. The van der Waals surface area contributed by atoms with Crippen molar-refractivity contribution in [3.05, 3.63) is 52.2 Å². The lowest BCUT2D eigenvalue weighted by Gasteiger charge is -2.16. The van der Waals surface area contributed by atoms with Crippen LogP contribution in [0.2, 0.25) is 0 Å². The van der Waals surface area contributed by atoms with Gasteiger partial charge in [0.2, 0.25) is 0 Å². The fourth-order valence-electron chi connectivity index (χ4n) is 1.66. The molecule has 0 bridgehead atoms. The number of hydrogen-bond acceptors (Lipinski definition) is 6. The molecule has 0 N–H and O–H groups in total. The van der Waals surface area contributed by atoms with Crippen LogP contribution in [0, 0.1) is 6.92 Å². The van der Waals surface area contributed by atoms with Gasteiger partial charge in [0, 0.05) is 31.9 Å². The minimum absolute atomic E-state index is 0.135. The minimum atomic E-state index is -0.804. The molecule has 0 aliphatic heterocycles. The van der Waals surface area contributed by atoms with Gasteiger partial charge in [0.1, 0.15) is 0 Å². The summed E-state index contributed by atoms with van der Waals surface area (Å²) in [6.07, 6.45) is 1.83. The molecule has 0 aliphatic rings. The Balaban J connectivity index is 1.80. The van der Waals surface area contributed by atoms with Gasteiger partial charge in [0.15, 0.2) is 18.1 Å². The summed E-state index contributed by atoms with van der Waals surface area (Å²) in [7, 11) is 1.63. The normalized spacial score (nSPS) is 10.4. The molecule has 21 heavy (non-hydrogen) atoms. The topological polar surface area (TPSA) is 85.8 Å². The first-order valence-electron chi connectivity index (χ1n) is 6.43. The van der Waals surface area contributed by atoms with Crippen molar-refractivity contribution in [3.63, 3.8) is 0 Å². The summed E-state index contributed by atoms with van der Waals surface area (Å²) in [6, 6.07) is 5.62. The van der Waals surface area contributed by atoms with E-state index in [0.29, 0.717) is 18.7 Å². The number of likely N-dealkylation sites (N-methyl/N-ethyl adjacent to an activating group) is 1. The highest BCUT2D eigenvalue weighted by Crippen LogP contribution is 2.07. The number of rotatable bonds is 5. The van der Waals surface area contributed by atoms with Crippen molar-refractivity contribution in [1.82, 2.24) is 9.88 Å². The standard InChI is InChI=1S/C14H16N2O5/c1-10-12(21-14(18)20-10)9-19-13(17)16(2)8-6-11-5-3-4-7-15-11/h3-5,7H,6,8-9H2,1-2H3. The Bertz CT molecular complexity index is 647. The molecule has 0 saturated heterocycles. The molecule has 7 nitrogen and oxygen atoms in total. The first-order valence-corrected chi connectivity index (χ1v) is 6.43. The third-order valence-corrected chi connectivity index (χ3v) is 2.90. The van der Waals surface area contributed by atoms with E-state index in [1.807, 2.05) is 18.2 Å². The summed E-state index contributed by atoms with van der Waals surface area (Å²) in [5.74, 6) is -0.280. The van der Waals surface area contributed by atoms with Gasteiger partial charge in [-0.1, -0.05) is 6.07 Å². The third kappa shape index (κ3) is 4.20. The highest BCUT2D eigenvalue weighted by atomic mass is 16.6. The number of aromatic nitrogens is 1. The molecule has 7 heteroatoms. The molecule has 2 aromatic heterocycles. The van der Waals surface area contributed by atoms with Gasteiger partial charge in [-0.05, 0) is 19.1 Å². The van der Waals surface area contributed by atoms with Crippen LogP contribution >= 0.6 is 0 Å². The second kappa shape index (κ2) is 6.74. The molecule has 2 heterocycles. The molecule has 2 aromatic rings. The van der Waals surface area contributed by atoms with E-state index in [9.17, 15) is 9.59 Å². The van der Waals surface area contributed by atoms with Gasteiger partial charge in [0.05, 0.1) is 0 Å². The molecule has 0 aromatic carbocycles. The fraction of sp³-hybridized carbons (Fsp3) is 0.357. The Morgan fingerprint density at radius 2 is 2.19 bits per heavy atom. The molecular weight excluding hydrogens is 276 g/mol. The average molecular weight is 292 g/mol. The van der Waals surface area contributed by atoms with Crippen LogP contribution in [0.5, 0.6) is 0 Å². The molecule has 0 atom stereocenters. The lowest BCUT2D eigenvalue weighted by molar-refractivity contribution is 0.0975. The van der Waals surface area contributed by atoms with Crippen molar-refractivity contribution >= 4 is 6.09 Å². The molecule has 0 fully saturated rings. The Kier molecular flexibility index (Phi) is 4.76. The molecule has 0 spiro atoms. The Morgan fingerprint density at radius 3 is 2.81 bits per heavy atom. The van der Waals surface area contributed by atoms with Gasteiger partial charge in [0.25, 0.3) is 0 Å². The third-order valence-electron chi connectivity index (χ3n) is 2.90. The summed E-state index contributed by atoms with van der Waals surface area (Å²) >= 11 is 0.